The van der Waals surface area contributed by atoms with Gasteiger partial charge in [-0.3, -0.25) is 4.79 Å². The van der Waals surface area contributed by atoms with E-state index in [2.05, 4.69) is 4.72 Å². The first kappa shape index (κ1) is 25.6. The van der Waals surface area contributed by atoms with E-state index in [9.17, 15) is 21.6 Å². The lowest BCUT2D eigenvalue weighted by atomic mass is 10.0. The molecule has 1 heterocycles. The normalized spacial score (nSPS) is 14.8. The molecule has 0 unspecified atom stereocenters. The largest absolute Gasteiger partial charge is 0.339 e. The Morgan fingerprint density at radius 3 is 2.28 bits per heavy atom. The molecule has 1 amide bonds. The van der Waals surface area contributed by atoms with Crippen molar-refractivity contribution in [3.63, 3.8) is 0 Å². The summed E-state index contributed by atoms with van der Waals surface area (Å²) in [6, 6.07) is 20.0. The van der Waals surface area contributed by atoms with E-state index >= 15 is 0 Å². The Morgan fingerprint density at radius 1 is 0.917 bits per heavy atom. The number of aryl methyl sites for hydroxylation is 1. The predicted octanol–water partition coefficient (Wildman–Crippen LogP) is 3.28. The second kappa shape index (κ2) is 10.2. The molecule has 0 spiro atoms. The van der Waals surface area contributed by atoms with E-state index in [1.54, 1.807) is 48.2 Å². The van der Waals surface area contributed by atoms with Crippen molar-refractivity contribution >= 4 is 25.8 Å². The van der Waals surface area contributed by atoms with E-state index in [1.165, 1.54) is 36.4 Å². The first-order valence-electron chi connectivity index (χ1n) is 11.3. The van der Waals surface area contributed by atoms with Gasteiger partial charge in [-0.15, -0.1) is 0 Å². The van der Waals surface area contributed by atoms with Crippen LogP contribution in [0.25, 0.3) is 0 Å². The van der Waals surface area contributed by atoms with Gasteiger partial charge in [-0.2, -0.15) is 5.26 Å². The summed E-state index contributed by atoms with van der Waals surface area (Å²) in [6.07, 6.45) is 0.813. The smallest absolute Gasteiger partial charge is 0.253 e. The number of benzene rings is 3. The first-order chi connectivity index (χ1) is 17.1. The minimum atomic E-state index is -4.01. The van der Waals surface area contributed by atoms with Crippen molar-refractivity contribution in [3.05, 3.63) is 89.5 Å². The van der Waals surface area contributed by atoms with Gasteiger partial charge in [0.15, 0.2) is 0 Å². The number of carbonyl (C=O) groups excluding carboxylic acids is 1. The van der Waals surface area contributed by atoms with Gasteiger partial charge in [-0.05, 0) is 67.8 Å². The average molecular weight is 524 g/mol. The number of hydrogen-bond acceptors (Lipinski definition) is 6. The van der Waals surface area contributed by atoms with Gasteiger partial charge in [0, 0.05) is 24.7 Å². The summed E-state index contributed by atoms with van der Waals surface area (Å²) in [7, 11) is -7.88. The molecule has 1 fully saturated rings. The third-order valence-electron chi connectivity index (χ3n) is 6.16. The molecule has 0 bridgehead atoms. The van der Waals surface area contributed by atoms with Crippen LogP contribution in [0.1, 0.15) is 34.3 Å². The number of nitrogens with one attached hydrogen (secondary N) is 1. The molecule has 0 aromatic heterocycles. The minimum absolute atomic E-state index is 0.0857. The average Bonchev–Trinajstić information content (AvgIpc) is 2.89. The lowest BCUT2D eigenvalue weighted by molar-refractivity contribution is 0.0711. The second-order valence-corrected chi connectivity index (χ2v) is 12.3. The van der Waals surface area contributed by atoms with Crippen LogP contribution in [0, 0.1) is 18.3 Å². The monoisotopic (exact) mass is 523 g/mol. The Balaban J connectivity index is 1.48. The molecule has 186 valence electrons. The van der Waals surface area contributed by atoms with Crippen LogP contribution in [-0.2, 0) is 19.9 Å². The van der Waals surface area contributed by atoms with E-state index < -0.39 is 25.9 Å². The maximum Gasteiger partial charge on any atom is 0.253 e. The molecule has 1 N–H and O–H groups in total. The highest BCUT2D eigenvalue weighted by molar-refractivity contribution is 7.91. The molecule has 1 aliphatic heterocycles. The summed E-state index contributed by atoms with van der Waals surface area (Å²) in [4.78, 5) is 14.3. The third-order valence-corrected chi connectivity index (χ3v) is 9.59. The van der Waals surface area contributed by atoms with Crippen molar-refractivity contribution in [1.29, 1.82) is 5.26 Å². The fourth-order valence-corrected chi connectivity index (χ4v) is 7.12. The van der Waals surface area contributed by atoms with Crippen LogP contribution in [0.3, 0.4) is 0 Å². The van der Waals surface area contributed by atoms with Crippen LogP contribution in [-0.4, -0.2) is 46.8 Å². The highest BCUT2D eigenvalue weighted by atomic mass is 32.2. The summed E-state index contributed by atoms with van der Waals surface area (Å²) < 4.78 is 55.1. The molecule has 0 aliphatic carbocycles. The summed E-state index contributed by atoms with van der Waals surface area (Å²) >= 11 is 0. The number of piperidine rings is 1. The Kier molecular flexibility index (Phi) is 7.26. The highest BCUT2D eigenvalue weighted by Gasteiger charge is 2.29. The van der Waals surface area contributed by atoms with Gasteiger partial charge in [0.25, 0.3) is 5.91 Å². The summed E-state index contributed by atoms with van der Waals surface area (Å²) in [5.41, 5.74) is 1.25. The van der Waals surface area contributed by atoms with Crippen molar-refractivity contribution in [1.82, 2.24) is 9.62 Å². The number of likely N-dealkylation sites (tertiary alicyclic amines) is 1. The number of hydrogen-bond donors (Lipinski definition) is 1. The topological polar surface area (TPSA) is 124 Å². The molecule has 0 saturated carbocycles. The SMILES string of the molecule is Cc1ccc(S(=O)(=O)c2ccccc2)cc1S(=O)(=O)NC1CCN(C(=O)c2cccc(C#N)c2)CC1. The summed E-state index contributed by atoms with van der Waals surface area (Å²) in [5.74, 6) is -0.205. The summed E-state index contributed by atoms with van der Waals surface area (Å²) in [5, 5.41) is 9.06. The third kappa shape index (κ3) is 5.33. The lowest BCUT2D eigenvalue weighted by Crippen LogP contribution is -2.46. The molecule has 8 nitrogen and oxygen atoms in total. The number of nitrogens with zero attached hydrogens (tertiary/aromatic N) is 2. The number of sulfonamides is 1. The lowest BCUT2D eigenvalue weighted by Gasteiger charge is -2.32. The number of sulfone groups is 1. The van der Waals surface area contributed by atoms with Gasteiger partial charge < -0.3 is 4.90 Å². The number of nitriles is 1. The van der Waals surface area contributed by atoms with Crippen molar-refractivity contribution in [3.8, 4) is 6.07 Å². The predicted molar refractivity (Wildman–Crippen MR) is 133 cm³/mol. The standard InChI is InChI=1S/C26H25N3O5S2/c1-19-10-11-24(35(31,32)23-8-3-2-4-9-23)17-25(19)36(33,34)28-22-12-14-29(15-13-22)26(30)21-7-5-6-20(16-21)18-27/h2-11,16-17,22,28H,12-15H2,1H3. The molecule has 4 rings (SSSR count). The van der Waals surface area contributed by atoms with Crippen LogP contribution in [0.15, 0.2) is 87.5 Å². The second-order valence-electron chi connectivity index (χ2n) is 8.62. The van der Waals surface area contributed by atoms with Gasteiger partial charge in [-0.1, -0.05) is 30.3 Å². The zero-order chi connectivity index (χ0) is 25.9. The van der Waals surface area contributed by atoms with Gasteiger partial charge in [0.1, 0.15) is 0 Å². The Bertz CT molecular complexity index is 1540. The van der Waals surface area contributed by atoms with Crippen LogP contribution >= 0.6 is 0 Å². The molecule has 3 aromatic rings. The number of rotatable bonds is 6. The van der Waals surface area contributed by atoms with Gasteiger partial charge in [-0.25, -0.2) is 21.6 Å². The first-order valence-corrected chi connectivity index (χ1v) is 14.3. The molecule has 36 heavy (non-hydrogen) atoms. The van der Waals surface area contributed by atoms with Crippen LogP contribution in [0.5, 0.6) is 0 Å². The van der Waals surface area contributed by atoms with E-state index in [4.69, 9.17) is 5.26 Å². The van der Waals surface area contributed by atoms with Crippen LogP contribution in [0.2, 0.25) is 0 Å². The fourth-order valence-electron chi connectivity index (χ4n) is 4.16. The molecule has 10 heteroatoms. The fraction of sp³-hybridized carbons (Fsp3) is 0.231. The number of amides is 1. The van der Waals surface area contributed by atoms with E-state index in [-0.39, 0.29) is 20.6 Å². The molecular weight excluding hydrogens is 498 g/mol. The Labute approximate surface area is 211 Å². The highest BCUT2D eigenvalue weighted by Crippen LogP contribution is 2.26. The van der Waals surface area contributed by atoms with Crippen LogP contribution in [0.4, 0.5) is 0 Å². The zero-order valence-electron chi connectivity index (χ0n) is 19.6. The molecule has 0 atom stereocenters. The van der Waals surface area contributed by atoms with Crippen molar-refractivity contribution in [2.45, 2.75) is 40.5 Å². The van der Waals surface area contributed by atoms with Gasteiger partial charge in [0.2, 0.25) is 19.9 Å². The van der Waals surface area contributed by atoms with Crippen LogP contribution < -0.4 is 4.72 Å². The molecular formula is C26H25N3O5S2. The Hall–Kier alpha value is -3.52. The van der Waals surface area contributed by atoms with Crippen molar-refractivity contribution < 1.29 is 21.6 Å². The molecule has 1 aliphatic rings. The molecule has 0 radical (unpaired) electrons. The Morgan fingerprint density at radius 2 is 1.61 bits per heavy atom. The number of carbonyl (C=O) groups is 1. The van der Waals surface area contributed by atoms with Gasteiger partial charge >= 0.3 is 0 Å². The quantitative estimate of drug-likeness (QED) is 0.529. The summed E-state index contributed by atoms with van der Waals surface area (Å²) in [6.45, 7) is 2.32. The van der Waals surface area contributed by atoms with E-state index in [0.717, 1.165) is 0 Å². The zero-order valence-corrected chi connectivity index (χ0v) is 21.2. The van der Waals surface area contributed by atoms with E-state index in [1.807, 2.05) is 6.07 Å². The van der Waals surface area contributed by atoms with Crippen molar-refractivity contribution in [2.75, 3.05) is 13.1 Å². The van der Waals surface area contributed by atoms with Crippen molar-refractivity contribution in [2.24, 2.45) is 0 Å². The van der Waals surface area contributed by atoms with E-state index in [0.29, 0.717) is 42.6 Å². The maximum absolute atomic E-state index is 13.2. The molecule has 3 aromatic carbocycles. The van der Waals surface area contributed by atoms with Gasteiger partial charge in [0.05, 0.1) is 26.3 Å². The molecule has 1 saturated heterocycles. The maximum atomic E-state index is 13.2. The minimum Gasteiger partial charge on any atom is -0.339 e.